The lowest BCUT2D eigenvalue weighted by Crippen LogP contribution is -2.32. The molecular formula is C48H42F8O3. The Balaban J connectivity index is 1.36. The first-order valence-electron chi connectivity index (χ1n) is 18.8. The highest BCUT2D eigenvalue weighted by molar-refractivity contribution is 5.66. The van der Waals surface area contributed by atoms with E-state index >= 15 is 0 Å². The van der Waals surface area contributed by atoms with Crippen molar-refractivity contribution in [2.75, 3.05) is 14.2 Å². The maximum atomic E-state index is 14.8. The van der Waals surface area contributed by atoms with Crippen molar-refractivity contribution < 1.29 is 49.3 Å². The zero-order valence-electron chi connectivity index (χ0n) is 32.8. The summed E-state index contributed by atoms with van der Waals surface area (Å²) in [5.74, 6) is -0.111. The molecule has 0 bridgehead atoms. The molecule has 0 saturated carbocycles. The van der Waals surface area contributed by atoms with Crippen LogP contribution in [-0.2, 0) is 35.2 Å². The molecule has 0 spiro atoms. The first kappa shape index (κ1) is 43.1. The second-order valence-corrected chi connectivity index (χ2v) is 14.6. The van der Waals surface area contributed by atoms with Crippen LogP contribution in [0.4, 0.5) is 35.1 Å². The topological polar surface area (TPSA) is 27.7 Å². The van der Waals surface area contributed by atoms with Gasteiger partial charge in [0.15, 0.2) is 12.2 Å². The van der Waals surface area contributed by atoms with Crippen molar-refractivity contribution in [3.63, 3.8) is 0 Å². The number of benzene rings is 6. The van der Waals surface area contributed by atoms with Gasteiger partial charge in [0.2, 0.25) is 0 Å². The van der Waals surface area contributed by atoms with Gasteiger partial charge < -0.3 is 14.2 Å². The van der Waals surface area contributed by atoms with E-state index in [2.05, 4.69) is 0 Å². The number of rotatable bonds is 14. The lowest BCUT2D eigenvalue weighted by molar-refractivity contribution is -0.212. The fraction of sp³-hybridized carbons (Fsp3) is 0.250. The number of ether oxygens (including phenoxy) is 3. The maximum Gasteiger partial charge on any atom is 0.414 e. The third-order valence-corrected chi connectivity index (χ3v) is 10.2. The highest BCUT2D eigenvalue weighted by Crippen LogP contribution is 2.36. The molecule has 0 heterocycles. The molecule has 0 aliphatic heterocycles. The Morgan fingerprint density at radius 3 is 1.14 bits per heavy atom. The molecule has 0 amide bonds. The van der Waals surface area contributed by atoms with E-state index in [1.165, 1.54) is 24.3 Å². The van der Waals surface area contributed by atoms with Crippen LogP contribution in [0, 0.1) is 25.5 Å². The van der Waals surface area contributed by atoms with Crippen LogP contribution in [0.2, 0.25) is 0 Å². The highest BCUT2D eigenvalue weighted by Gasteiger charge is 2.41. The minimum Gasteiger partial charge on any atom is -0.457 e. The van der Waals surface area contributed by atoms with Gasteiger partial charge in [-0.2, -0.15) is 26.3 Å². The molecule has 0 N–H and O–H groups in total. The average Bonchev–Trinajstić information content (AvgIpc) is 3.17. The molecule has 3 nitrogen and oxygen atoms in total. The predicted octanol–water partition coefficient (Wildman–Crippen LogP) is 13.1. The Hall–Kier alpha value is -5.52. The van der Waals surface area contributed by atoms with Crippen molar-refractivity contribution in [3.05, 3.63) is 177 Å². The fourth-order valence-corrected chi connectivity index (χ4v) is 6.96. The van der Waals surface area contributed by atoms with Crippen LogP contribution >= 0.6 is 0 Å². The van der Waals surface area contributed by atoms with Gasteiger partial charge >= 0.3 is 12.4 Å². The van der Waals surface area contributed by atoms with Crippen LogP contribution in [0.15, 0.2) is 121 Å². The number of methoxy groups -OCH3 is 2. The zero-order chi connectivity index (χ0) is 42.5. The molecule has 2 atom stereocenters. The maximum absolute atomic E-state index is 14.8. The van der Waals surface area contributed by atoms with Crippen molar-refractivity contribution in [2.24, 2.45) is 0 Å². The predicted molar refractivity (Wildman–Crippen MR) is 213 cm³/mol. The lowest BCUT2D eigenvalue weighted by atomic mass is 9.96. The van der Waals surface area contributed by atoms with E-state index in [-0.39, 0.29) is 24.5 Å². The molecule has 0 aliphatic carbocycles. The van der Waals surface area contributed by atoms with Crippen LogP contribution < -0.4 is 4.74 Å². The number of halogens is 8. The molecule has 0 saturated heterocycles. The molecular weight excluding hydrogens is 777 g/mol. The summed E-state index contributed by atoms with van der Waals surface area (Å²) in [6.07, 6.45) is -13.8. The van der Waals surface area contributed by atoms with Crippen LogP contribution in [0.25, 0.3) is 22.3 Å². The number of alkyl halides is 6. The van der Waals surface area contributed by atoms with Gasteiger partial charge in [-0.25, -0.2) is 8.78 Å². The van der Waals surface area contributed by atoms with Gasteiger partial charge in [-0.15, -0.1) is 0 Å². The minimum absolute atomic E-state index is 0.217. The Kier molecular flexibility index (Phi) is 13.3. The van der Waals surface area contributed by atoms with Gasteiger partial charge in [0.05, 0.1) is 0 Å². The first-order chi connectivity index (χ1) is 28.0. The molecule has 0 radical (unpaired) electrons. The van der Waals surface area contributed by atoms with E-state index in [9.17, 15) is 35.1 Å². The number of hydrogen-bond donors (Lipinski definition) is 0. The Bertz CT molecular complexity index is 2200. The van der Waals surface area contributed by atoms with Crippen molar-refractivity contribution in [1.82, 2.24) is 0 Å². The molecule has 0 aromatic heterocycles. The van der Waals surface area contributed by atoms with E-state index in [0.29, 0.717) is 56.0 Å². The SMILES string of the molecule is COC(Cc1ccc(Oc2ccc(CC(OC)C(F)(F)F)cc2Cc2ccc(-c3ccc(C)cc3F)cc2)c(Cc2ccc(-c3ccc(C)cc3F)cc2)c1)C(F)(F)F. The van der Waals surface area contributed by atoms with Gasteiger partial charge in [0.1, 0.15) is 23.1 Å². The molecule has 308 valence electrons. The molecule has 6 aromatic carbocycles. The summed E-state index contributed by atoms with van der Waals surface area (Å²) in [5, 5.41) is 0. The van der Waals surface area contributed by atoms with Crippen LogP contribution in [0.3, 0.4) is 0 Å². The van der Waals surface area contributed by atoms with Gasteiger partial charge in [-0.05, 0) is 93.7 Å². The Morgan fingerprint density at radius 2 is 0.814 bits per heavy atom. The summed E-state index contributed by atoms with van der Waals surface area (Å²) < 4.78 is 128. The molecule has 2 unspecified atom stereocenters. The summed E-state index contributed by atoms with van der Waals surface area (Å²) in [5.41, 5.74) is 6.97. The Labute approximate surface area is 338 Å². The summed E-state index contributed by atoms with van der Waals surface area (Å²) in [4.78, 5) is 0. The van der Waals surface area contributed by atoms with Crippen LogP contribution in [-0.4, -0.2) is 38.8 Å². The van der Waals surface area contributed by atoms with Gasteiger partial charge in [0, 0.05) is 51.0 Å². The monoisotopic (exact) mass is 818 g/mol. The van der Waals surface area contributed by atoms with Crippen LogP contribution in [0.1, 0.15) is 44.5 Å². The lowest BCUT2D eigenvalue weighted by Gasteiger charge is -2.21. The van der Waals surface area contributed by atoms with Crippen molar-refractivity contribution in [1.29, 1.82) is 0 Å². The Morgan fingerprint density at radius 1 is 0.458 bits per heavy atom. The normalized spacial score (nSPS) is 13.0. The third-order valence-electron chi connectivity index (χ3n) is 10.2. The smallest absolute Gasteiger partial charge is 0.414 e. The summed E-state index contributed by atoms with van der Waals surface area (Å²) in [6, 6.07) is 33.6. The summed E-state index contributed by atoms with van der Waals surface area (Å²) in [7, 11) is 2.00. The number of hydrogen-bond acceptors (Lipinski definition) is 3. The molecule has 0 aliphatic rings. The second kappa shape index (κ2) is 18.2. The van der Waals surface area contributed by atoms with Gasteiger partial charge in [0.25, 0.3) is 0 Å². The highest BCUT2D eigenvalue weighted by atomic mass is 19.4. The van der Waals surface area contributed by atoms with E-state index in [0.717, 1.165) is 36.5 Å². The van der Waals surface area contributed by atoms with Crippen LogP contribution in [0.5, 0.6) is 11.5 Å². The first-order valence-corrected chi connectivity index (χ1v) is 18.8. The van der Waals surface area contributed by atoms with E-state index in [1.54, 1.807) is 98.8 Å². The summed E-state index contributed by atoms with van der Waals surface area (Å²) >= 11 is 0. The number of aryl methyl sites for hydroxylation is 2. The van der Waals surface area contributed by atoms with Crippen molar-refractivity contribution in [2.45, 2.75) is 64.1 Å². The zero-order valence-corrected chi connectivity index (χ0v) is 32.8. The molecule has 59 heavy (non-hydrogen) atoms. The van der Waals surface area contributed by atoms with E-state index in [4.69, 9.17) is 14.2 Å². The minimum atomic E-state index is -4.61. The quantitative estimate of drug-likeness (QED) is 0.102. The molecule has 6 aromatic rings. The van der Waals surface area contributed by atoms with Gasteiger partial charge in [-0.3, -0.25) is 0 Å². The summed E-state index contributed by atoms with van der Waals surface area (Å²) in [6.45, 7) is 3.59. The molecule has 6 rings (SSSR count). The second-order valence-electron chi connectivity index (χ2n) is 14.6. The van der Waals surface area contributed by atoms with Crippen molar-refractivity contribution >= 4 is 0 Å². The van der Waals surface area contributed by atoms with Gasteiger partial charge in [-0.1, -0.05) is 97.1 Å². The molecule has 0 fully saturated rings. The molecule has 11 heteroatoms. The van der Waals surface area contributed by atoms with Crippen molar-refractivity contribution in [3.8, 4) is 33.8 Å². The average molecular weight is 819 g/mol. The standard InChI is InChI=1S/C48H42F8O3/c1-29-5-17-39(41(49)21-29)35-13-7-31(8-14-35)23-37-25-33(27-45(57-3)47(51,52)53)11-19-43(37)59-44-20-12-34(28-46(58-4)48(54,55)56)26-38(44)24-32-9-15-36(16-10-32)40-18-6-30(2)22-42(40)50/h5-22,25-26,45-46H,23-24,27-28H2,1-4H3. The van der Waals surface area contributed by atoms with E-state index < -0.39 is 37.4 Å². The largest absolute Gasteiger partial charge is 0.457 e. The fourth-order valence-electron chi connectivity index (χ4n) is 6.96. The third kappa shape index (κ3) is 11.0. The van der Waals surface area contributed by atoms with E-state index in [1.807, 2.05) is 12.1 Å².